The molecule has 3 aromatic rings. The van der Waals surface area contributed by atoms with Crippen molar-refractivity contribution in [1.82, 2.24) is 4.98 Å². The Morgan fingerprint density at radius 1 is 1.15 bits per heavy atom. The maximum Gasteiger partial charge on any atom is 0.259 e. The molecule has 1 unspecified atom stereocenters. The predicted molar refractivity (Wildman–Crippen MR) is 127 cm³/mol. The molecule has 0 spiro atoms. The van der Waals surface area contributed by atoms with Gasteiger partial charge in [0.2, 0.25) is 5.92 Å². The summed E-state index contributed by atoms with van der Waals surface area (Å²) >= 11 is 0. The minimum atomic E-state index is -2.93. The Morgan fingerprint density at radius 2 is 1.94 bits per heavy atom. The molecule has 33 heavy (non-hydrogen) atoms. The van der Waals surface area contributed by atoms with Crippen molar-refractivity contribution < 1.29 is 17.8 Å². The SMILES string of the molecule is CCS(=N)(=O)c1cccc(NC(=O)c2cc3ccccc3nc2N2CCCC(F)(F)CC2)c1. The summed E-state index contributed by atoms with van der Waals surface area (Å²) < 4.78 is 48.3. The van der Waals surface area contributed by atoms with Gasteiger partial charge in [0.05, 0.1) is 20.8 Å². The first kappa shape index (κ1) is 23.1. The topological polar surface area (TPSA) is 86.2 Å². The maximum atomic E-state index is 14.0. The first-order chi connectivity index (χ1) is 15.7. The number of hydrogen-bond acceptors (Lipinski definition) is 5. The second-order valence-electron chi connectivity index (χ2n) is 8.19. The van der Waals surface area contributed by atoms with Crippen molar-refractivity contribution in [3.63, 3.8) is 0 Å². The number of hydrogen-bond donors (Lipinski definition) is 2. The third kappa shape index (κ3) is 5.13. The molecule has 9 heteroatoms. The van der Waals surface area contributed by atoms with Crippen LogP contribution >= 0.6 is 0 Å². The summed E-state index contributed by atoms with van der Waals surface area (Å²) in [5.74, 6) is -2.62. The van der Waals surface area contributed by atoms with Crippen molar-refractivity contribution in [3.05, 3.63) is 60.2 Å². The number of benzene rings is 2. The van der Waals surface area contributed by atoms with Gasteiger partial charge in [-0.05, 0) is 36.8 Å². The summed E-state index contributed by atoms with van der Waals surface area (Å²) in [4.78, 5) is 20.1. The number of pyridine rings is 1. The van der Waals surface area contributed by atoms with Crippen LogP contribution in [0.1, 0.15) is 36.5 Å². The first-order valence-corrected chi connectivity index (χ1v) is 12.6. The van der Waals surface area contributed by atoms with Gasteiger partial charge >= 0.3 is 0 Å². The van der Waals surface area contributed by atoms with Gasteiger partial charge in [0.1, 0.15) is 5.82 Å². The van der Waals surface area contributed by atoms with Gasteiger partial charge in [0.15, 0.2) is 0 Å². The Balaban J connectivity index is 1.71. The Morgan fingerprint density at radius 3 is 2.73 bits per heavy atom. The monoisotopic (exact) mass is 472 g/mol. The van der Waals surface area contributed by atoms with Crippen LogP contribution in [-0.2, 0) is 9.73 Å². The maximum absolute atomic E-state index is 14.0. The summed E-state index contributed by atoms with van der Waals surface area (Å²) in [6.07, 6.45) is -0.172. The standard InChI is InChI=1S/C24H26F2N4O2S/c1-2-33(27,32)19-9-5-8-18(16-19)28-23(31)20-15-17-7-3-4-10-21(17)29-22(20)30-13-6-11-24(25,26)12-14-30/h3-5,7-10,15-16,27H,2,6,11-14H2,1H3,(H,28,31). The summed E-state index contributed by atoms with van der Waals surface area (Å²) in [5.41, 5.74) is 1.37. The highest BCUT2D eigenvalue weighted by molar-refractivity contribution is 7.92. The molecule has 1 saturated heterocycles. The zero-order valence-electron chi connectivity index (χ0n) is 18.3. The molecule has 0 aliphatic carbocycles. The molecule has 0 radical (unpaired) electrons. The number of carbonyl (C=O) groups is 1. The van der Waals surface area contributed by atoms with E-state index in [-0.39, 0.29) is 30.7 Å². The highest BCUT2D eigenvalue weighted by Gasteiger charge is 2.33. The number of anilines is 2. The average molecular weight is 473 g/mol. The zero-order valence-corrected chi connectivity index (χ0v) is 19.1. The Bertz CT molecular complexity index is 1290. The number of amides is 1. The van der Waals surface area contributed by atoms with Crippen LogP contribution in [0.15, 0.2) is 59.5 Å². The molecule has 4 rings (SSSR count). The van der Waals surface area contributed by atoms with E-state index < -0.39 is 21.6 Å². The second kappa shape index (κ2) is 9.05. The number of halogens is 2. The van der Waals surface area contributed by atoms with Gasteiger partial charge in [0.25, 0.3) is 5.91 Å². The van der Waals surface area contributed by atoms with E-state index in [0.717, 1.165) is 5.39 Å². The Hall–Kier alpha value is -3.07. The fourth-order valence-corrected chi connectivity index (χ4v) is 4.88. The lowest BCUT2D eigenvalue weighted by Gasteiger charge is -2.24. The summed E-state index contributed by atoms with van der Waals surface area (Å²) in [6, 6.07) is 15.5. The lowest BCUT2D eigenvalue weighted by Crippen LogP contribution is -2.29. The van der Waals surface area contributed by atoms with Gasteiger partial charge in [-0.3, -0.25) is 4.79 Å². The van der Waals surface area contributed by atoms with E-state index in [1.807, 2.05) is 24.3 Å². The van der Waals surface area contributed by atoms with Gasteiger partial charge in [-0.1, -0.05) is 31.2 Å². The molecule has 1 amide bonds. The van der Waals surface area contributed by atoms with Crippen LogP contribution in [0.25, 0.3) is 10.9 Å². The summed E-state index contributed by atoms with van der Waals surface area (Å²) in [6.45, 7) is 2.16. The molecule has 1 aliphatic heterocycles. The van der Waals surface area contributed by atoms with E-state index in [1.54, 1.807) is 36.1 Å². The number of nitrogens with one attached hydrogen (secondary N) is 2. The minimum Gasteiger partial charge on any atom is -0.356 e. The van der Waals surface area contributed by atoms with E-state index in [0.29, 0.717) is 34.9 Å². The predicted octanol–water partition coefficient (Wildman–Crippen LogP) is 5.54. The van der Waals surface area contributed by atoms with E-state index in [4.69, 9.17) is 4.78 Å². The number of alkyl halides is 2. The van der Waals surface area contributed by atoms with E-state index in [9.17, 15) is 17.8 Å². The average Bonchev–Trinajstić information content (AvgIpc) is 2.98. The largest absolute Gasteiger partial charge is 0.356 e. The van der Waals surface area contributed by atoms with Crippen LogP contribution in [0.4, 0.5) is 20.3 Å². The lowest BCUT2D eigenvalue weighted by atomic mass is 10.1. The number of para-hydroxylation sites is 1. The number of nitrogens with zero attached hydrogens (tertiary/aromatic N) is 2. The fraction of sp³-hybridized carbons (Fsp3) is 0.333. The third-order valence-corrected chi connectivity index (χ3v) is 7.67. The fourth-order valence-electron chi connectivity index (χ4n) is 3.93. The van der Waals surface area contributed by atoms with Crippen molar-refractivity contribution in [2.75, 3.05) is 29.1 Å². The molecule has 6 nitrogen and oxygen atoms in total. The molecular formula is C24H26F2N4O2S. The van der Waals surface area contributed by atoms with E-state index in [1.165, 1.54) is 6.07 Å². The smallest absolute Gasteiger partial charge is 0.259 e. The van der Waals surface area contributed by atoms with Crippen molar-refractivity contribution in [3.8, 4) is 0 Å². The molecule has 2 heterocycles. The van der Waals surface area contributed by atoms with Gasteiger partial charge in [-0.15, -0.1) is 0 Å². The molecule has 1 aromatic heterocycles. The summed E-state index contributed by atoms with van der Waals surface area (Å²) in [7, 11) is -2.93. The van der Waals surface area contributed by atoms with Crippen LogP contribution < -0.4 is 10.2 Å². The highest BCUT2D eigenvalue weighted by atomic mass is 32.2. The summed E-state index contributed by atoms with van der Waals surface area (Å²) in [5, 5.41) is 3.57. The molecule has 174 valence electrons. The molecule has 0 bridgehead atoms. The quantitative estimate of drug-likeness (QED) is 0.511. The van der Waals surface area contributed by atoms with Crippen LogP contribution in [0.3, 0.4) is 0 Å². The number of rotatable bonds is 5. The van der Waals surface area contributed by atoms with Crippen molar-refractivity contribution >= 4 is 38.0 Å². The van der Waals surface area contributed by atoms with Crippen LogP contribution in [0, 0.1) is 4.78 Å². The van der Waals surface area contributed by atoms with Gasteiger partial charge in [-0.2, -0.15) is 0 Å². The molecule has 1 atom stereocenters. The normalized spacial score (nSPS) is 17.8. The van der Waals surface area contributed by atoms with Gasteiger partial charge < -0.3 is 10.2 Å². The van der Waals surface area contributed by atoms with Crippen LogP contribution in [0.2, 0.25) is 0 Å². The molecule has 1 aliphatic rings. The number of aromatic nitrogens is 1. The second-order valence-corrected chi connectivity index (χ2v) is 10.6. The molecule has 2 aromatic carbocycles. The highest BCUT2D eigenvalue weighted by Crippen LogP contribution is 2.32. The van der Waals surface area contributed by atoms with Crippen molar-refractivity contribution in [2.45, 2.75) is 37.0 Å². The van der Waals surface area contributed by atoms with Gasteiger partial charge in [-0.25, -0.2) is 22.8 Å². The van der Waals surface area contributed by atoms with Crippen LogP contribution in [0.5, 0.6) is 0 Å². The first-order valence-electron chi connectivity index (χ1n) is 10.9. The molecule has 1 fully saturated rings. The number of fused-ring (bicyclic) bond motifs is 1. The molecule has 0 saturated carbocycles. The Kier molecular flexibility index (Phi) is 6.34. The number of carbonyl (C=O) groups excluding carboxylic acids is 1. The Labute approximate surface area is 192 Å². The lowest BCUT2D eigenvalue weighted by molar-refractivity contribution is -0.0102. The van der Waals surface area contributed by atoms with Crippen molar-refractivity contribution in [2.24, 2.45) is 0 Å². The molecular weight excluding hydrogens is 446 g/mol. The van der Waals surface area contributed by atoms with Crippen molar-refractivity contribution in [1.29, 1.82) is 4.78 Å². The minimum absolute atomic E-state index is 0.103. The zero-order chi connectivity index (χ0) is 23.6. The van der Waals surface area contributed by atoms with E-state index >= 15 is 0 Å². The van der Waals surface area contributed by atoms with Gasteiger partial charge in [0, 0.05) is 47.7 Å². The third-order valence-electron chi connectivity index (χ3n) is 5.85. The molecule has 2 N–H and O–H groups in total. The van der Waals surface area contributed by atoms with E-state index in [2.05, 4.69) is 10.3 Å². The van der Waals surface area contributed by atoms with Crippen LogP contribution in [-0.4, -0.2) is 39.9 Å².